The zero-order chi connectivity index (χ0) is 16.5. The number of carboxylic acids is 1. The fourth-order valence-corrected chi connectivity index (χ4v) is 2.53. The highest BCUT2D eigenvalue weighted by Gasteiger charge is 2.15. The molecule has 7 nitrogen and oxygen atoms in total. The van der Waals surface area contributed by atoms with Gasteiger partial charge in [0.15, 0.2) is 9.84 Å². The molecule has 2 aromatic carbocycles. The number of hydrogen-bond acceptors (Lipinski definition) is 5. The van der Waals surface area contributed by atoms with Crippen LogP contribution in [0.1, 0.15) is 10.4 Å². The molecule has 0 bridgehead atoms. The van der Waals surface area contributed by atoms with Gasteiger partial charge in [0, 0.05) is 18.4 Å². The van der Waals surface area contributed by atoms with E-state index in [1.807, 2.05) is 0 Å². The van der Waals surface area contributed by atoms with Crippen LogP contribution in [-0.4, -0.2) is 30.7 Å². The second-order valence-corrected chi connectivity index (χ2v) is 6.64. The predicted molar refractivity (Wildman–Crippen MR) is 78.6 cm³/mol. The van der Waals surface area contributed by atoms with Gasteiger partial charge in [0.1, 0.15) is 0 Å². The lowest BCUT2D eigenvalue weighted by Gasteiger charge is -2.05. The number of carbonyl (C=O) groups is 1. The van der Waals surface area contributed by atoms with Gasteiger partial charge in [-0.25, -0.2) is 13.2 Å². The summed E-state index contributed by atoms with van der Waals surface area (Å²) in [6.07, 6.45) is 1.07. The van der Waals surface area contributed by atoms with Gasteiger partial charge in [-0.2, -0.15) is 0 Å². The molecule has 0 unspecified atom stereocenters. The lowest BCUT2D eigenvalue weighted by molar-refractivity contribution is -0.384. The Bertz CT molecular complexity index is 823. The van der Waals surface area contributed by atoms with E-state index in [2.05, 4.69) is 0 Å². The standard InChI is InChI=1S/C14H11NO6S/c1-22(20,21)13-4-2-9(3-5-13)10-6-11(14(16)17)8-12(7-10)15(18)19/h2-8H,1H3,(H,16,17). The maximum absolute atomic E-state index is 11.4. The first-order valence-electron chi connectivity index (χ1n) is 6.02. The Morgan fingerprint density at radius 2 is 1.68 bits per heavy atom. The largest absolute Gasteiger partial charge is 0.478 e. The van der Waals surface area contributed by atoms with Gasteiger partial charge in [-0.3, -0.25) is 10.1 Å². The summed E-state index contributed by atoms with van der Waals surface area (Å²) in [4.78, 5) is 21.4. The van der Waals surface area contributed by atoms with Crippen molar-refractivity contribution in [1.29, 1.82) is 0 Å². The highest BCUT2D eigenvalue weighted by molar-refractivity contribution is 7.90. The smallest absolute Gasteiger partial charge is 0.335 e. The van der Waals surface area contributed by atoms with Gasteiger partial charge in [0.2, 0.25) is 0 Å². The maximum atomic E-state index is 11.4. The summed E-state index contributed by atoms with van der Waals surface area (Å²) in [5, 5.41) is 19.9. The number of hydrogen-bond donors (Lipinski definition) is 1. The van der Waals surface area contributed by atoms with Crippen LogP contribution in [0.3, 0.4) is 0 Å². The third-order valence-electron chi connectivity index (χ3n) is 2.99. The Hall–Kier alpha value is -2.74. The minimum atomic E-state index is -3.35. The second-order valence-electron chi connectivity index (χ2n) is 4.63. The molecule has 0 aromatic heterocycles. The number of rotatable bonds is 4. The highest BCUT2D eigenvalue weighted by Crippen LogP contribution is 2.27. The molecule has 0 aliphatic carbocycles. The molecule has 0 atom stereocenters. The summed E-state index contributed by atoms with van der Waals surface area (Å²) in [5.41, 5.74) is 0.253. The molecule has 0 saturated carbocycles. The number of sulfone groups is 1. The van der Waals surface area contributed by atoms with Gasteiger partial charge < -0.3 is 5.11 Å². The van der Waals surface area contributed by atoms with E-state index < -0.39 is 20.7 Å². The van der Waals surface area contributed by atoms with E-state index >= 15 is 0 Å². The zero-order valence-electron chi connectivity index (χ0n) is 11.4. The summed E-state index contributed by atoms with van der Waals surface area (Å²) in [5.74, 6) is -1.28. The van der Waals surface area contributed by atoms with Crippen molar-refractivity contribution < 1.29 is 23.2 Å². The normalized spacial score (nSPS) is 11.1. The first-order chi connectivity index (χ1) is 10.2. The van der Waals surface area contributed by atoms with Gasteiger partial charge in [0.25, 0.3) is 5.69 Å². The van der Waals surface area contributed by atoms with Crippen molar-refractivity contribution >= 4 is 21.5 Å². The molecule has 0 heterocycles. The van der Waals surface area contributed by atoms with Crippen LogP contribution >= 0.6 is 0 Å². The van der Waals surface area contributed by atoms with Gasteiger partial charge in [-0.1, -0.05) is 12.1 Å². The van der Waals surface area contributed by atoms with Crippen molar-refractivity contribution in [3.63, 3.8) is 0 Å². The first-order valence-corrected chi connectivity index (χ1v) is 7.91. The SMILES string of the molecule is CS(=O)(=O)c1ccc(-c2cc(C(=O)O)cc([N+](=O)[O-])c2)cc1. The molecule has 0 fully saturated rings. The average Bonchev–Trinajstić information content (AvgIpc) is 2.46. The van der Waals surface area contributed by atoms with Crippen LogP contribution in [0.4, 0.5) is 5.69 Å². The molecule has 0 aliphatic heterocycles. The zero-order valence-corrected chi connectivity index (χ0v) is 12.2. The number of nitro groups is 1. The van der Waals surface area contributed by atoms with Gasteiger partial charge in [-0.15, -0.1) is 0 Å². The predicted octanol–water partition coefficient (Wildman–Crippen LogP) is 2.36. The summed E-state index contributed by atoms with van der Waals surface area (Å²) in [7, 11) is -3.35. The molecular formula is C14H11NO6S. The minimum Gasteiger partial charge on any atom is -0.478 e. The monoisotopic (exact) mass is 321 g/mol. The lowest BCUT2D eigenvalue weighted by Crippen LogP contribution is -1.99. The van der Waals surface area contributed by atoms with E-state index in [1.54, 1.807) is 0 Å². The Morgan fingerprint density at radius 1 is 1.09 bits per heavy atom. The number of non-ortho nitro benzene ring substituents is 1. The van der Waals surface area contributed by atoms with Crippen molar-refractivity contribution in [2.75, 3.05) is 6.26 Å². The Balaban J connectivity index is 2.56. The van der Waals surface area contributed by atoms with Crippen molar-refractivity contribution in [2.24, 2.45) is 0 Å². The Morgan fingerprint density at radius 3 is 2.14 bits per heavy atom. The second kappa shape index (κ2) is 5.57. The van der Waals surface area contributed by atoms with E-state index in [0.717, 1.165) is 12.3 Å². The molecule has 0 aliphatic rings. The van der Waals surface area contributed by atoms with E-state index in [1.165, 1.54) is 36.4 Å². The summed E-state index contributed by atoms with van der Waals surface area (Å²) < 4.78 is 22.8. The van der Waals surface area contributed by atoms with E-state index in [0.29, 0.717) is 11.1 Å². The molecule has 0 amide bonds. The molecule has 8 heteroatoms. The Kier molecular flexibility index (Phi) is 3.96. The molecule has 2 rings (SSSR count). The molecule has 0 saturated heterocycles. The summed E-state index contributed by atoms with van der Waals surface area (Å²) in [6, 6.07) is 9.18. The fourth-order valence-electron chi connectivity index (χ4n) is 1.90. The molecule has 1 N–H and O–H groups in total. The molecule has 114 valence electrons. The van der Waals surface area contributed by atoms with Crippen molar-refractivity contribution in [3.05, 3.63) is 58.1 Å². The van der Waals surface area contributed by atoms with Gasteiger partial charge in [0.05, 0.1) is 15.4 Å². The Labute approximate surface area is 125 Å². The number of nitro benzene ring substituents is 1. The highest BCUT2D eigenvalue weighted by atomic mass is 32.2. The van der Waals surface area contributed by atoms with Crippen molar-refractivity contribution in [1.82, 2.24) is 0 Å². The quantitative estimate of drug-likeness (QED) is 0.683. The molecule has 0 radical (unpaired) electrons. The number of aromatic carboxylic acids is 1. The van der Waals surface area contributed by atoms with Crippen LogP contribution < -0.4 is 0 Å². The van der Waals surface area contributed by atoms with Crippen molar-refractivity contribution in [3.8, 4) is 11.1 Å². The average molecular weight is 321 g/mol. The molecule has 22 heavy (non-hydrogen) atoms. The molecule has 2 aromatic rings. The molecule has 0 spiro atoms. The van der Waals surface area contributed by atoms with Crippen LogP contribution in [0.25, 0.3) is 11.1 Å². The topological polar surface area (TPSA) is 115 Å². The van der Waals surface area contributed by atoms with Crippen LogP contribution in [0, 0.1) is 10.1 Å². The lowest BCUT2D eigenvalue weighted by atomic mass is 10.0. The van der Waals surface area contributed by atoms with Crippen LogP contribution in [0.5, 0.6) is 0 Å². The van der Waals surface area contributed by atoms with Crippen LogP contribution in [0.2, 0.25) is 0 Å². The first kappa shape index (κ1) is 15.6. The van der Waals surface area contributed by atoms with Crippen molar-refractivity contribution in [2.45, 2.75) is 4.90 Å². The van der Waals surface area contributed by atoms with Gasteiger partial charge in [-0.05, 0) is 29.3 Å². The van der Waals surface area contributed by atoms with E-state index in [4.69, 9.17) is 5.11 Å². The van der Waals surface area contributed by atoms with E-state index in [-0.39, 0.29) is 16.1 Å². The minimum absolute atomic E-state index is 0.111. The van der Waals surface area contributed by atoms with Crippen LogP contribution in [-0.2, 0) is 9.84 Å². The third kappa shape index (κ3) is 3.29. The van der Waals surface area contributed by atoms with Gasteiger partial charge >= 0.3 is 5.97 Å². The number of carboxylic acid groups (broad SMARTS) is 1. The van der Waals surface area contributed by atoms with Crippen LogP contribution in [0.15, 0.2) is 47.4 Å². The summed E-state index contributed by atoms with van der Waals surface area (Å²) >= 11 is 0. The maximum Gasteiger partial charge on any atom is 0.335 e. The summed E-state index contributed by atoms with van der Waals surface area (Å²) in [6.45, 7) is 0. The molecular weight excluding hydrogens is 310 g/mol. The number of nitrogens with zero attached hydrogens (tertiary/aromatic N) is 1. The third-order valence-corrected chi connectivity index (χ3v) is 4.12. The van der Waals surface area contributed by atoms with E-state index in [9.17, 15) is 23.3 Å². The number of benzene rings is 2. The fraction of sp³-hybridized carbons (Fsp3) is 0.0714.